The first-order chi connectivity index (χ1) is 11.4. The fourth-order valence-corrected chi connectivity index (χ4v) is 5.66. The second-order valence-corrected chi connectivity index (χ2v) is 8.60. The summed E-state index contributed by atoms with van der Waals surface area (Å²) >= 11 is 9.80. The fourth-order valence-electron chi connectivity index (χ4n) is 3.40. The van der Waals surface area contributed by atoms with Gasteiger partial charge in [-0.2, -0.15) is 4.98 Å². The minimum atomic E-state index is -0.374. The molecule has 128 valence electrons. The molecule has 1 aromatic heterocycles. The quantitative estimate of drug-likeness (QED) is 0.543. The third kappa shape index (κ3) is 2.37. The lowest BCUT2D eigenvalue weighted by atomic mass is 10.1. The van der Waals surface area contributed by atoms with E-state index in [1.54, 1.807) is 6.92 Å². The van der Waals surface area contributed by atoms with Gasteiger partial charge in [0, 0.05) is 31.0 Å². The van der Waals surface area contributed by atoms with Crippen LogP contribution >= 0.6 is 46.2 Å². The first-order valence-electron chi connectivity index (χ1n) is 7.58. The Balaban J connectivity index is 2.11. The first kappa shape index (κ1) is 16.9. The lowest BCUT2D eigenvalue weighted by molar-refractivity contribution is 0.277. The van der Waals surface area contributed by atoms with E-state index in [0.29, 0.717) is 27.2 Å². The van der Waals surface area contributed by atoms with Gasteiger partial charge in [0.1, 0.15) is 11.6 Å². The van der Waals surface area contributed by atoms with E-state index in [9.17, 15) is 9.18 Å². The number of fused-ring (bicyclic) bond motifs is 2. The van der Waals surface area contributed by atoms with Crippen molar-refractivity contribution in [3.63, 3.8) is 0 Å². The van der Waals surface area contributed by atoms with E-state index < -0.39 is 0 Å². The normalized spacial score (nSPS) is 21.0. The van der Waals surface area contributed by atoms with E-state index >= 15 is 0 Å². The molecule has 0 amide bonds. The summed E-state index contributed by atoms with van der Waals surface area (Å²) in [6.07, 6.45) is 0. The average Bonchev–Trinajstić information content (AvgIpc) is 2.70. The van der Waals surface area contributed by atoms with Crippen molar-refractivity contribution in [1.29, 1.82) is 0 Å². The minimum absolute atomic E-state index is 0.194. The SMILES string of the molecule is Cc1c(F)c2c3c(nc(=O)n(I)c3c1Cl)N1CCN(C)CC1CS2. The second kappa shape index (κ2) is 6.00. The Morgan fingerprint density at radius 1 is 1.42 bits per heavy atom. The fraction of sp³-hybridized carbons (Fsp3) is 0.467. The van der Waals surface area contributed by atoms with Crippen molar-refractivity contribution in [1.82, 2.24) is 12.7 Å². The topological polar surface area (TPSA) is 41.4 Å². The molecule has 4 rings (SSSR count). The van der Waals surface area contributed by atoms with Gasteiger partial charge in [-0.1, -0.05) is 11.6 Å². The highest BCUT2D eigenvalue weighted by molar-refractivity contribution is 14.1. The standard InChI is InChI=1S/C15H15ClFIN4OS/c1-7-10(16)12-9-13(11(7)17)24-6-8-5-20(2)3-4-21(8)14(9)19-15(23)22(12)18/h8H,3-6H2,1-2H3. The van der Waals surface area contributed by atoms with Gasteiger partial charge >= 0.3 is 5.69 Å². The molecule has 0 radical (unpaired) electrons. The molecule has 2 aromatic rings. The number of likely N-dealkylation sites (N-methyl/N-ethyl adjacent to an activating group) is 1. The van der Waals surface area contributed by atoms with E-state index in [1.807, 2.05) is 22.9 Å². The van der Waals surface area contributed by atoms with Crippen LogP contribution in [-0.4, -0.2) is 51.1 Å². The number of anilines is 1. The highest BCUT2D eigenvalue weighted by Gasteiger charge is 2.34. The zero-order valence-corrected chi connectivity index (χ0v) is 16.9. The van der Waals surface area contributed by atoms with Crippen molar-refractivity contribution in [2.24, 2.45) is 0 Å². The zero-order valence-electron chi connectivity index (χ0n) is 13.1. The van der Waals surface area contributed by atoms with Gasteiger partial charge in [-0.15, -0.1) is 11.8 Å². The van der Waals surface area contributed by atoms with E-state index in [-0.39, 0.29) is 22.6 Å². The zero-order chi connectivity index (χ0) is 17.2. The largest absolute Gasteiger partial charge is 0.359 e. The van der Waals surface area contributed by atoms with Crippen molar-refractivity contribution < 1.29 is 4.39 Å². The van der Waals surface area contributed by atoms with Crippen LogP contribution in [0.2, 0.25) is 5.02 Å². The van der Waals surface area contributed by atoms with Crippen LogP contribution in [0, 0.1) is 12.7 Å². The number of thioether (sulfide) groups is 1. The lowest BCUT2D eigenvalue weighted by Crippen LogP contribution is -2.53. The summed E-state index contributed by atoms with van der Waals surface area (Å²) in [5.41, 5.74) is 0.570. The molecule has 1 aromatic carbocycles. The maximum Gasteiger partial charge on any atom is 0.359 e. The Morgan fingerprint density at radius 3 is 2.92 bits per heavy atom. The molecule has 1 atom stereocenters. The summed E-state index contributed by atoms with van der Waals surface area (Å²) in [6, 6.07) is 0.194. The van der Waals surface area contributed by atoms with Crippen molar-refractivity contribution in [2.45, 2.75) is 17.9 Å². The van der Waals surface area contributed by atoms with Crippen molar-refractivity contribution in [3.05, 3.63) is 26.9 Å². The first-order valence-corrected chi connectivity index (χ1v) is 9.91. The third-order valence-electron chi connectivity index (χ3n) is 4.70. The summed E-state index contributed by atoms with van der Waals surface area (Å²) in [4.78, 5) is 21.6. The van der Waals surface area contributed by atoms with Gasteiger partial charge in [0.05, 0.1) is 49.7 Å². The molecule has 24 heavy (non-hydrogen) atoms. The minimum Gasteiger partial charge on any atom is -0.349 e. The Labute approximate surface area is 161 Å². The van der Waals surface area contributed by atoms with Gasteiger partial charge in [-0.3, -0.25) is 0 Å². The Bertz CT molecular complexity index is 921. The number of benzene rings is 1. The van der Waals surface area contributed by atoms with E-state index in [4.69, 9.17) is 11.6 Å². The highest BCUT2D eigenvalue weighted by Crippen LogP contribution is 2.44. The molecule has 9 heteroatoms. The predicted octanol–water partition coefficient (Wildman–Crippen LogP) is 2.92. The summed E-state index contributed by atoms with van der Waals surface area (Å²) in [6.45, 7) is 4.17. The molecule has 3 heterocycles. The molecule has 0 spiro atoms. The van der Waals surface area contributed by atoms with E-state index in [0.717, 1.165) is 25.4 Å². The van der Waals surface area contributed by atoms with Gasteiger partial charge < -0.3 is 9.80 Å². The summed E-state index contributed by atoms with van der Waals surface area (Å²) < 4.78 is 16.3. The molecule has 0 aliphatic carbocycles. The molecule has 5 nitrogen and oxygen atoms in total. The molecule has 1 saturated heterocycles. The van der Waals surface area contributed by atoms with Crippen molar-refractivity contribution in [3.8, 4) is 0 Å². The summed E-state index contributed by atoms with van der Waals surface area (Å²) in [5.74, 6) is 1.02. The Kier molecular flexibility index (Phi) is 4.21. The number of rotatable bonds is 0. The van der Waals surface area contributed by atoms with Crippen LogP contribution in [0.4, 0.5) is 10.2 Å². The molecular weight excluding hydrogens is 466 g/mol. The Hall–Kier alpha value is -0.580. The van der Waals surface area contributed by atoms with Gasteiger partial charge in [0.25, 0.3) is 0 Å². The summed E-state index contributed by atoms with van der Waals surface area (Å²) in [5, 5.41) is 0.948. The molecule has 0 N–H and O–H groups in total. The molecule has 0 bridgehead atoms. The van der Waals surface area contributed by atoms with Crippen LogP contribution in [-0.2, 0) is 0 Å². The molecule has 2 aliphatic rings. The van der Waals surface area contributed by atoms with Crippen LogP contribution in [0.25, 0.3) is 10.9 Å². The van der Waals surface area contributed by atoms with Crippen molar-refractivity contribution in [2.75, 3.05) is 37.3 Å². The van der Waals surface area contributed by atoms with Crippen LogP contribution < -0.4 is 10.6 Å². The van der Waals surface area contributed by atoms with E-state index in [1.165, 1.54) is 14.5 Å². The van der Waals surface area contributed by atoms with Gasteiger partial charge in [0.15, 0.2) is 0 Å². The van der Waals surface area contributed by atoms with Gasteiger partial charge in [-0.05, 0) is 14.0 Å². The second-order valence-electron chi connectivity index (χ2n) is 6.22. The maximum atomic E-state index is 14.9. The smallest absolute Gasteiger partial charge is 0.349 e. The number of hydrogen-bond donors (Lipinski definition) is 0. The van der Waals surface area contributed by atoms with Gasteiger partial charge in [-0.25, -0.2) is 12.0 Å². The number of piperazine rings is 1. The monoisotopic (exact) mass is 480 g/mol. The van der Waals surface area contributed by atoms with Gasteiger partial charge in [0.2, 0.25) is 0 Å². The van der Waals surface area contributed by atoms with Crippen molar-refractivity contribution >= 4 is 62.9 Å². The summed E-state index contributed by atoms with van der Waals surface area (Å²) in [7, 11) is 2.08. The van der Waals surface area contributed by atoms with Crippen LogP contribution in [0.15, 0.2) is 9.69 Å². The lowest BCUT2D eigenvalue weighted by Gasteiger charge is -2.39. The van der Waals surface area contributed by atoms with Crippen LogP contribution in [0.3, 0.4) is 0 Å². The number of hydrogen-bond acceptors (Lipinski definition) is 5. The number of nitrogens with zero attached hydrogens (tertiary/aromatic N) is 4. The van der Waals surface area contributed by atoms with E-state index in [2.05, 4.69) is 21.8 Å². The predicted molar refractivity (Wildman–Crippen MR) is 104 cm³/mol. The maximum absolute atomic E-state index is 14.9. The average molecular weight is 481 g/mol. The molecule has 2 aliphatic heterocycles. The molecular formula is C15H15ClFIN4OS. The number of aromatic nitrogens is 2. The van der Waals surface area contributed by atoms with Crippen LogP contribution in [0.5, 0.6) is 0 Å². The Morgan fingerprint density at radius 2 is 2.17 bits per heavy atom. The molecule has 1 fully saturated rings. The molecule has 0 saturated carbocycles. The number of halogens is 3. The highest BCUT2D eigenvalue weighted by atomic mass is 127. The molecule has 1 unspecified atom stereocenters. The third-order valence-corrected chi connectivity index (χ3v) is 7.28. The van der Waals surface area contributed by atoms with Crippen LogP contribution in [0.1, 0.15) is 5.56 Å².